The van der Waals surface area contributed by atoms with Crippen molar-refractivity contribution in [2.24, 2.45) is 0 Å². The highest BCUT2D eigenvalue weighted by Crippen LogP contribution is 2.21. The molecule has 7 heteroatoms. The quantitative estimate of drug-likeness (QED) is 0.750. The minimum Gasteiger partial charge on any atom is -0.323 e. The van der Waals surface area contributed by atoms with E-state index < -0.39 is 11.6 Å². The Morgan fingerprint density at radius 2 is 1.77 bits per heavy atom. The zero-order chi connectivity index (χ0) is 15.7. The van der Waals surface area contributed by atoms with Crippen molar-refractivity contribution >= 4 is 27.6 Å². The molecule has 0 fully saturated rings. The Hall–Kier alpha value is -2.28. The summed E-state index contributed by atoms with van der Waals surface area (Å²) >= 11 is 3.41. The van der Waals surface area contributed by atoms with E-state index in [-0.39, 0.29) is 5.69 Å². The monoisotopic (exact) mass is 364 g/mol. The van der Waals surface area contributed by atoms with Gasteiger partial charge < -0.3 is 5.32 Å². The van der Waals surface area contributed by atoms with Crippen molar-refractivity contribution in [1.29, 1.82) is 0 Å². The minimum atomic E-state index is -0.664. The number of nitrogens with zero attached hydrogens (tertiary/aromatic N) is 3. The first-order valence-corrected chi connectivity index (χ1v) is 7.21. The van der Waals surface area contributed by atoms with Crippen molar-refractivity contribution in [1.82, 2.24) is 14.8 Å². The molecule has 3 aromatic rings. The molecule has 0 unspecified atom stereocenters. The normalized spacial score (nSPS) is 10.7. The molecular weight excluding hydrogens is 354 g/mol. The second-order valence-electron chi connectivity index (χ2n) is 4.78. The molecule has 0 aliphatic carbocycles. The molecule has 1 aromatic heterocycles. The molecule has 22 heavy (non-hydrogen) atoms. The van der Waals surface area contributed by atoms with E-state index in [2.05, 4.69) is 31.3 Å². The molecule has 1 heterocycles. The fourth-order valence-corrected chi connectivity index (χ4v) is 2.66. The number of aromatic nitrogens is 3. The molecule has 0 aliphatic rings. The van der Waals surface area contributed by atoms with Gasteiger partial charge in [-0.1, -0.05) is 15.9 Å². The summed E-state index contributed by atoms with van der Waals surface area (Å²) in [6, 6.07) is 8.98. The first-order chi connectivity index (χ1) is 10.5. The van der Waals surface area contributed by atoms with Crippen molar-refractivity contribution in [2.45, 2.75) is 6.92 Å². The smallest absolute Gasteiger partial charge is 0.246 e. The van der Waals surface area contributed by atoms with Crippen LogP contribution in [0.5, 0.6) is 0 Å². The summed E-state index contributed by atoms with van der Waals surface area (Å²) < 4.78 is 28.7. The molecule has 0 saturated carbocycles. The number of hydrogen-bond donors (Lipinski definition) is 1. The van der Waals surface area contributed by atoms with E-state index in [1.165, 1.54) is 23.1 Å². The Kier molecular flexibility index (Phi) is 3.89. The van der Waals surface area contributed by atoms with E-state index in [4.69, 9.17) is 0 Å². The van der Waals surface area contributed by atoms with Gasteiger partial charge in [0.05, 0.1) is 5.69 Å². The maximum Gasteiger partial charge on any atom is 0.246 e. The summed E-state index contributed by atoms with van der Waals surface area (Å²) in [5.74, 6) is -0.993. The van der Waals surface area contributed by atoms with Crippen LogP contribution in [0.3, 0.4) is 0 Å². The zero-order valence-electron chi connectivity index (χ0n) is 11.5. The number of aryl methyl sites for hydroxylation is 1. The van der Waals surface area contributed by atoms with Crippen molar-refractivity contribution in [3.8, 4) is 5.69 Å². The largest absolute Gasteiger partial charge is 0.323 e. The van der Waals surface area contributed by atoms with Crippen LogP contribution < -0.4 is 5.32 Å². The predicted octanol–water partition coefficient (Wildman–Crippen LogP) is 4.36. The average molecular weight is 365 g/mol. The van der Waals surface area contributed by atoms with Crippen molar-refractivity contribution in [3.63, 3.8) is 0 Å². The maximum absolute atomic E-state index is 13.2. The van der Waals surface area contributed by atoms with Gasteiger partial charge in [0.1, 0.15) is 18.0 Å². The number of benzene rings is 2. The molecular formula is C15H11BrF2N4. The predicted molar refractivity (Wildman–Crippen MR) is 83.4 cm³/mol. The Morgan fingerprint density at radius 1 is 1.05 bits per heavy atom. The van der Waals surface area contributed by atoms with Gasteiger partial charge in [-0.2, -0.15) is 4.98 Å². The van der Waals surface area contributed by atoms with Gasteiger partial charge in [-0.25, -0.2) is 13.5 Å². The van der Waals surface area contributed by atoms with Crippen LogP contribution in [0.15, 0.2) is 47.2 Å². The lowest BCUT2D eigenvalue weighted by Gasteiger charge is -2.04. The average Bonchev–Trinajstić information content (AvgIpc) is 2.84. The lowest BCUT2D eigenvalue weighted by molar-refractivity contribution is 0.580. The second-order valence-corrected chi connectivity index (χ2v) is 5.70. The lowest BCUT2D eigenvalue weighted by Crippen LogP contribution is -1.98. The Balaban J connectivity index is 1.87. The second kappa shape index (κ2) is 5.84. The third kappa shape index (κ3) is 3.30. The van der Waals surface area contributed by atoms with E-state index in [0.29, 0.717) is 5.95 Å². The van der Waals surface area contributed by atoms with Crippen LogP contribution >= 0.6 is 15.9 Å². The highest BCUT2D eigenvalue weighted by atomic mass is 79.9. The van der Waals surface area contributed by atoms with Gasteiger partial charge in [0.2, 0.25) is 5.95 Å². The number of nitrogens with one attached hydrogen (secondary N) is 1. The molecule has 0 aliphatic heterocycles. The van der Waals surface area contributed by atoms with Gasteiger partial charge in [0, 0.05) is 16.2 Å². The molecule has 0 amide bonds. The molecule has 112 valence electrons. The number of anilines is 2. The van der Waals surface area contributed by atoms with Crippen LogP contribution in [-0.2, 0) is 0 Å². The first-order valence-electron chi connectivity index (χ1n) is 6.42. The molecule has 0 saturated heterocycles. The number of rotatable bonds is 3. The minimum absolute atomic E-state index is 0.267. The fourth-order valence-electron chi connectivity index (χ4n) is 2.05. The molecule has 1 N–H and O–H groups in total. The van der Waals surface area contributed by atoms with Gasteiger partial charge in [0.15, 0.2) is 0 Å². The Labute approximate surface area is 133 Å². The van der Waals surface area contributed by atoms with Crippen LogP contribution in [0.2, 0.25) is 0 Å². The number of hydrogen-bond acceptors (Lipinski definition) is 3. The Bertz CT molecular complexity index is 792. The van der Waals surface area contributed by atoms with Gasteiger partial charge in [-0.3, -0.25) is 0 Å². The van der Waals surface area contributed by atoms with Crippen LogP contribution in [0.4, 0.5) is 20.4 Å². The van der Waals surface area contributed by atoms with Crippen LogP contribution in [-0.4, -0.2) is 14.8 Å². The van der Waals surface area contributed by atoms with Crippen molar-refractivity contribution < 1.29 is 8.78 Å². The summed E-state index contributed by atoms with van der Waals surface area (Å²) in [7, 11) is 0. The summed E-state index contributed by atoms with van der Waals surface area (Å²) in [6.45, 7) is 1.97. The molecule has 4 nitrogen and oxygen atoms in total. The standard InChI is InChI=1S/C15H11BrF2N4/c1-9-2-10(16)4-13(3-9)20-15-19-8-22(21-15)14-6-11(17)5-12(18)7-14/h2-8H,1H3,(H,20,21). The van der Waals surface area contributed by atoms with Crippen LogP contribution in [0.1, 0.15) is 5.56 Å². The van der Waals surface area contributed by atoms with E-state index in [1.807, 2.05) is 25.1 Å². The molecule has 0 radical (unpaired) electrons. The van der Waals surface area contributed by atoms with E-state index >= 15 is 0 Å². The van der Waals surface area contributed by atoms with Gasteiger partial charge >= 0.3 is 0 Å². The highest BCUT2D eigenvalue weighted by molar-refractivity contribution is 9.10. The van der Waals surface area contributed by atoms with E-state index in [9.17, 15) is 8.78 Å². The molecule has 0 atom stereocenters. The third-order valence-electron chi connectivity index (χ3n) is 2.90. The first kappa shape index (κ1) is 14.6. The van der Waals surface area contributed by atoms with E-state index in [0.717, 1.165) is 21.8 Å². The topological polar surface area (TPSA) is 42.7 Å². The van der Waals surface area contributed by atoms with Gasteiger partial charge in [-0.05, 0) is 42.8 Å². The van der Waals surface area contributed by atoms with Crippen molar-refractivity contribution in [3.05, 3.63) is 64.4 Å². The highest BCUT2D eigenvalue weighted by Gasteiger charge is 2.07. The summed E-state index contributed by atoms with van der Waals surface area (Å²) in [5.41, 5.74) is 2.15. The van der Waals surface area contributed by atoms with E-state index in [1.54, 1.807) is 0 Å². The zero-order valence-corrected chi connectivity index (χ0v) is 13.1. The Morgan fingerprint density at radius 3 is 2.45 bits per heavy atom. The number of halogens is 3. The molecule has 0 spiro atoms. The summed E-state index contributed by atoms with van der Waals surface area (Å²) in [5, 5.41) is 7.21. The van der Waals surface area contributed by atoms with Crippen LogP contribution in [0, 0.1) is 18.6 Å². The SMILES string of the molecule is Cc1cc(Br)cc(Nc2ncn(-c3cc(F)cc(F)c3)n2)c1. The summed E-state index contributed by atoms with van der Waals surface area (Å²) in [4.78, 5) is 4.09. The van der Waals surface area contributed by atoms with Crippen LogP contribution in [0.25, 0.3) is 5.69 Å². The van der Waals surface area contributed by atoms with Crippen molar-refractivity contribution in [2.75, 3.05) is 5.32 Å². The fraction of sp³-hybridized carbons (Fsp3) is 0.0667. The van der Waals surface area contributed by atoms with Gasteiger partial charge in [0.25, 0.3) is 0 Å². The third-order valence-corrected chi connectivity index (χ3v) is 3.36. The lowest BCUT2D eigenvalue weighted by atomic mass is 10.2. The van der Waals surface area contributed by atoms with Gasteiger partial charge in [-0.15, -0.1) is 5.10 Å². The molecule has 2 aromatic carbocycles. The molecule has 0 bridgehead atoms. The summed E-state index contributed by atoms with van der Waals surface area (Å²) in [6.07, 6.45) is 1.39. The molecule has 3 rings (SSSR count). The maximum atomic E-state index is 13.2.